The van der Waals surface area contributed by atoms with Gasteiger partial charge in [-0.2, -0.15) is 0 Å². The molecule has 0 saturated carbocycles. The van der Waals surface area contributed by atoms with Gasteiger partial charge in [-0.1, -0.05) is 24.6 Å². The van der Waals surface area contributed by atoms with Crippen LogP contribution in [0.15, 0.2) is 53.4 Å². The van der Waals surface area contributed by atoms with E-state index in [0.717, 1.165) is 24.2 Å². The van der Waals surface area contributed by atoms with E-state index in [1.807, 2.05) is 19.1 Å². The van der Waals surface area contributed by atoms with Crippen molar-refractivity contribution in [3.8, 4) is 0 Å². The zero-order valence-electron chi connectivity index (χ0n) is 12.3. The molecule has 2 N–H and O–H groups in total. The first-order valence-electron chi connectivity index (χ1n) is 6.94. The lowest BCUT2D eigenvalue weighted by molar-refractivity contribution is 0.601. The van der Waals surface area contributed by atoms with Gasteiger partial charge in [0.15, 0.2) is 0 Å². The fourth-order valence-electron chi connectivity index (χ4n) is 1.86. The first-order chi connectivity index (χ1) is 10.0. The summed E-state index contributed by atoms with van der Waals surface area (Å²) in [6.45, 7) is 4.91. The van der Waals surface area contributed by atoms with Crippen LogP contribution in [0.4, 0.5) is 11.4 Å². The summed E-state index contributed by atoms with van der Waals surface area (Å²) >= 11 is 0. The van der Waals surface area contributed by atoms with Crippen LogP contribution in [0.2, 0.25) is 0 Å². The monoisotopic (exact) mass is 304 g/mol. The Kier molecular flexibility index (Phi) is 4.85. The second-order valence-corrected chi connectivity index (χ2v) is 6.61. The van der Waals surface area contributed by atoms with E-state index in [0.29, 0.717) is 5.69 Å². The molecule has 0 aliphatic rings. The summed E-state index contributed by atoms with van der Waals surface area (Å²) in [6, 6.07) is 14.0. The van der Waals surface area contributed by atoms with Gasteiger partial charge in [0.1, 0.15) is 0 Å². The van der Waals surface area contributed by atoms with Gasteiger partial charge in [-0.3, -0.25) is 4.72 Å². The lowest BCUT2D eigenvalue weighted by Gasteiger charge is -2.10. The largest absolute Gasteiger partial charge is 0.385 e. The maximum Gasteiger partial charge on any atom is 0.261 e. The molecule has 2 rings (SSSR count). The molecule has 21 heavy (non-hydrogen) atoms. The molecule has 2 aromatic carbocycles. The molecule has 0 unspecified atom stereocenters. The van der Waals surface area contributed by atoms with Gasteiger partial charge in [0.25, 0.3) is 10.0 Å². The number of hydrogen-bond donors (Lipinski definition) is 2. The zero-order chi connectivity index (χ0) is 15.3. The third-order valence-corrected chi connectivity index (χ3v) is 4.44. The van der Waals surface area contributed by atoms with E-state index < -0.39 is 10.0 Å². The summed E-state index contributed by atoms with van der Waals surface area (Å²) in [7, 11) is -3.53. The number of nitrogens with one attached hydrogen (secondary N) is 2. The molecule has 0 aromatic heterocycles. The van der Waals surface area contributed by atoms with Crippen molar-refractivity contribution in [3.05, 3.63) is 54.1 Å². The first-order valence-corrected chi connectivity index (χ1v) is 8.43. The normalized spacial score (nSPS) is 11.1. The SMILES string of the molecule is CCCNc1ccc(NS(=O)(=O)c2ccc(C)cc2)cc1. The van der Waals surface area contributed by atoms with Crippen molar-refractivity contribution in [3.63, 3.8) is 0 Å². The highest BCUT2D eigenvalue weighted by molar-refractivity contribution is 7.92. The fourth-order valence-corrected chi connectivity index (χ4v) is 2.92. The highest BCUT2D eigenvalue weighted by Gasteiger charge is 2.13. The molecular formula is C16H20N2O2S. The van der Waals surface area contributed by atoms with Gasteiger partial charge in [-0.15, -0.1) is 0 Å². The fraction of sp³-hybridized carbons (Fsp3) is 0.250. The van der Waals surface area contributed by atoms with Gasteiger partial charge < -0.3 is 5.32 Å². The Hall–Kier alpha value is -2.01. The second-order valence-electron chi connectivity index (χ2n) is 4.92. The topological polar surface area (TPSA) is 58.2 Å². The molecule has 0 aliphatic carbocycles. The van der Waals surface area contributed by atoms with Crippen molar-refractivity contribution in [1.29, 1.82) is 0 Å². The molecule has 0 bridgehead atoms. The van der Waals surface area contributed by atoms with Crippen LogP contribution < -0.4 is 10.0 Å². The lowest BCUT2D eigenvalue weighted by Crippen LogP contribution is -2.12. The van der Waals surface area contributed by atoms with Crippen LogP contribution in [0.3, 0.4) is 0 Å². The Morgan fingerprint density at radius 3 is 2.05 bits per heavy atom. The molecule has 0 spiro atoms. The van der Waals surface area contributed by atoms with E-state index in [1.54, 1.807) is 36.4 Å². The van der Waals surface area contributed by atoms with Crippen LogP contribution in [0.1, 0.15) is 18.9 Å². The highest BCUT2D eigenvalue weighted by atomic mass is 32.2. The molecule has 0 aliphatic heterocycles. The Morgan fingerprint density at radius 2 is 1.48 bits per heavy atom. The predicted octanol–water partition coefficient (Wildman–Crippen LogP) is 3.62. The quantitative estimate of drug-likeness (QED) is 0.857. The minimum atomic E-state index is -3.53. The Bertz CT molecular complexity index is 677. The standard InChI is InChI=1S/C16H20N2O2S/c1-3-12-17-14-6-8-15(9-7-14)18-21(19,20)16-10-4-13(2)5-11-16/h4-11,17-18H,3,12H2,1-2H3. The molecule has 0 saturated heterocycles. The third kappa shape index (κ3) is 4.23. The van der Waals surface area contributed by atoms with Crippen LogP contribution in [0.25, 0.3) is 0 Å². The molecule has 0 amide bonds. The molecule has 2 aromatic rings. The van der Waals surface area contributed by atoms with Crippen molar-refractivity contribution < 1.29 is 8.42 Å². The molecule has 112 valence electrons. The van der Waals surface area contributed by atoms with Gasteiger partial charge in [0.2, 0.25) is 0 Å². The number of anilines is 2. The molecule has 0 heterocycles. The van der Waals surface area contributed by atoms with E-state index >= 15 is 0 Å². The van der Waals surface area contributed by atoms with Gasteiger partial charge in [-0.25, -0.2) is 8.42 Å². The van der Waals surface area contributed by atoms with E-state index in [9.17, 15) is 8.42 Å². The number of hydrogen-bond acceptors (Lipinski definition) is 3. The Labute approximate surface area is 126 Å². The van der Waals surface area contributed by atoms with E-state index in [2.05, 4.69) is 17.0 Å². The lowest BCUT2D eigenvalue weighted by atomic mass is 10.2. The Morgan fingerprint density at radius 1 is 0.905 bits per heavy atom. The van der Waals surface area contributed by atoms with Crippen molar-refractivity contribution in [2.24, 2.45) is 0 Å². The minimum Gasteiger partial charge on any atom is -0.385 e. The minimum absolute atomic E-state index is 0.265. The number of aryl methyl sites for hydroxylation is 1. The van der Waals surface area contributed by atoms with Crippen LogP contribution in [0, 0.1) is 6.92 Å². The van der Waals surface area contributed by atoms with Gasteiger partial charge >= 0.3 is 0 Å². The van der Waals surface area contributed by atoms with Gasteiger partial charge in [-0.05, 0) is 49.7 Å². The van der Waals surface area contributed by atoms with Crippen molar-refractivity contribution in [2.75, 3.05) is 16.6 Å². The maximum absolute atomic E-state index is 12.2. The van der Waals surface area contributed by atoms with Gasteiger partial charge in [0.05, 0.1) is 4.90 Å². The van der Waals surface area contributed by atoms with E-state index in [1.165, 1.54) is 0 Å². The summed E-state index contributed by atoms with van der Waals surface area (Å²) in [5, 5.41) is 3.25. The van der Waals surface area contributed by atoms with Crippen LogP contribution >= 0.6 is 0 Å². The predicted molar refractivity (Wildman–Crippen MR) is 87.2 cm³/mol. The van der Waals surface area contributed by atoms with E-state index in [-0.39, 0.29) is 4.90 Å². The Balaban J connectivity index is 2.11. The van der Waals surface area contributed by atoms with Crippen molar-refractivity contribution in [2.45, 2.75) is 25.2 Å². The smallest absolute Gasteiger partial charge is 0.261 e. The number of benzene rings is 2. The number of sulfonamides is 1. The van der Waals surface area contributed by atoms with Crippen molar-refractivity contribution in [1.82, 2.24) is 0 Å². The van der Waals surface area contributed by atoms with Gasteiger partial charge in [0, 0.05) is 17.9 Å². The summed E-state index contributed by atoms with van der Waals surface area (Å²) in [5.41, 5.74) is 2.56. The third-order valence-electron chi connectivity index (χ3n) is 3.05. The van der Waals surface area contributed by atoms with Crippen LogP contribution in [-0.2, 0) is 10.0 Å². The maximum atomic E-state index is 12.2. The first kappa shape index (κ1) is 15.4. The second kappa shape index (κ2) is 6.63. The molecule has 5 heteroatoms. The molecule has 0 atom stereocenters. The summed E-state index contributed by atoms with van der Waals surface area (Å²) in [6.07, 6.45) is 1.04. The average molecular weight is 304 g/mol. The highest BCUT2D eigenvalue weighted by Crippen LogP contribution is 2.18. The number of rotatable bonds is 6. The zero-order valence-corrected chi connectivity index (χ0v) is 13.1. The van der Waals surface area contributed by atoms with Crippen LogP contribution in [0.5, 0.6) is 0 Å². The van der Waals surface area contributed by atoms with E-state index in [4.69, 9.17) is 0 Å². The van der Waals surface area contributed by atoms with Crippen LogP contribution in [-0.4, -0.2) is 15.0 Å². The molecule has 0 fully saturated rings. The molecule has 4 nitrogen and oxygen atoms in total. The van der Waals surface area contributed by atoms with Crippen molar-refractivity contribution >= 4 is 21.4 Å². The summed E-state index contributed by atoms with van der Waals surface area (Å²) in [4.78, 5) is 0.265. The average Bonchev–Trinajstić information content (AvgIpc) is 2.47. The molecular weight excluding hydrogens is 284 g/mol. The molecule has 0 radical (unpaired) electrons. The summed E-state index contributed by atoms with van der Waals surface area (Å²) < 4.78 is 27.1. The summed E-state index contributed by atoms with van der Waals surface area (Å²) in [5.74, 6) is 0.